The minimum atomic E-state index is -0.113. The first-order chi connectivity index (χ1) is 7.34. The van der Waals surface area contributed by atoms with E-state index in [-0.39, 0.29) is 5.91 Å². The second-order valence-electron chi connectivity index (χ2n) is 3.15. The third kappa shape index (κ3) is 5.41. The monoisotopic (exact) mass is 339 g/mol. The van der Waals surface area contributed by atoms with Gasteiger partial charge in [-0.3, -0.25) is 4.79 Å². The van der Waals surface area contributed by atoms with Crippen molar-refractivity contribution >= 4 is 40.0 Å². The molecule has 0 aromatic carbocycles. The highest BCUT2D eigenvalue weighted by molar-refractivity contribution is 14.1. The smallest absolute Gasteiger partial charge is 0.272 e. The van der Waals surface area contributed by atoms with Gasteiger partial charge in [0.25, 0.3) is 5.91 Å². The average Bonchev–Trinajstić information content (AvgIpc) is 2.76. The van der Waals surface area contributed by atoms with E-state index in [0.29, 0.717) is 5.69 Å². The lowest BCUT2D eigenvalue weighted by Gasteiger charge is -2.02. The summed E-state index contributed by atoms with van der Waals surface area (Å²) < 4.78 is 4.86. The maximum absolute atomic E-state index is 11.4. The second kappa shape index (κ2) is 7.98. The average molecular weight is 339 g/mol. The Balaban J connectivity index is 2.03. The lowest BCUT2D eigenvalue weighted by atomic mass is 10.2. The van der Waals surface area contributed by atoms with Gasteiger partial charge in [0, 0.05) is 11.9 Å². The van der Waals surface area contributed by atoms with E-state index in [1.165, 1.54) is 35.2 Å². The highest BCUT2D eigenvalue weighted by atomic mass is 127. The van der Waals surface area contributed by atoms with E-state index in [9.17, 15) is 4.79 Å². The molecule has 4 nitrogen and oxygen atoms in total. The van der Waals surface area contributed by atoms with Gasteiger partial charge < -0.3 is 5.32 Å². The van der Waals surface area contributed by atoms with Crippen molar-refractivity contribution in [1.29, 1.82) is 0 Å². The first-order valence-electron chi connectivity index (χ1n) is 4.96. The van der Waals surface area contributed by atoms with Crippen molar-refractivity contribution in [2.45, 2.75) is 25.7 Å². The number of nitrogens with zero attached hydrogens (tertiary/aromatic N) is 2. The molecule has 0 saturated carbocycles. The summed E-state index contributed by atoms with van der Waals surface area (Å²) >= 11 is 3.58. The molecule has 0 spiro atoms. The third-order valence-corrected chi connectivity index (χ3v) is 3.21. The molecular formula is C9H14IN3OS. The number of alkyl halides is 1. The van der Waals surface area contributed by atoms with E-state index in [1.54, 1.807) is 5.38 Å². The van der Waals surface area contributed by atoms with Gasteiger partial charge in [-0.2, -0.15) is 0 Å². The van der Waals surface area contributed by atoms with E-state index >= 15 is 0 Å². The Kier molecular flexibility index (Phi) is 6.82. The molecule has 1 rings (SSSR count). The molecule has 0 fully saturated rings. The molecule has 6 heteroatoms. The maximum Gasteiger partial charge on any atom is 0.272 e. The Morgan fingerprint density at radius 2 is 2.20 bits per heavy atom. The molecular weight excluding hydrogens is 325 g/mol. The van der Waals surface area contributed by atoms with Crippen molar-refractivity contribution in [3.63, 3.8) is 0 Å². The fraction of sp³-hybridized carbons (Fsp3) is 0.667. The normalized spacial score (nSPS) is 10.2. The van der Waals surface area contributed by atoms with Gasteiger partial charge in [-0.05, 0) is 28.8 Å². The Morgan fingerprint density at radius 1 is 1.40 bits per heavy atom. The van der Waals surface area contributed by atoms with Gasteiger partial charge >= 0.3 is 0 Å². The number of carbonyl (C=O) groups is 1. The van der Waals surface area contributed by atoms with Crippen LogP contribution in [0.2, 0.25) is 0 Å². The summed E-state index contributed by atoms with van der Waals surface area (Å²) in [5, 5.41) is 8.18. The zero-order valence-electron chi connectivity index (χ0n) is 8.41. The Bertz CT molecular complexity index is 279. The van der Waals surface area contributed by atoms with Crippen LogP contribution in [0.15, 0.2) is 5.38 Å². The molecule has 84 valence electrons. The zero-order valence-corrected chi connectivity index (χ0v) is 11.4. The summed E-state index contributed by atoms with van der Waals surface area (Å²) in [7, 11) is 0. The molecule has 0 unspecified atom stereocenters. The molecule has 0 bridgehead atoms. The summed E-state index contributed by atoms with van der Waals surface area (Å²) in [5.74, 6) is -0.113. The topological polar surface area (TPSA) is 54.9 Å². The minimum absolute atomic E-state index is 0.113. The fourth-order valence-electron chi connectivity index (χ4n) is 1.13. The van der Waals surface area contributed by atoms with Crippen LogP contribution in [0.25, 0.3) is 0 Å². The van der Waals surface area contributed by atoms with Crippen molar-refractivity contribution in [3.8, 4) is 0 Å². The van der Waals surface area contributed by atoms with Crippen LogP contribution in [-0.2, 0) is 0 Å². The molecule has 0 atom stereocenters. The van der Waals surface area contributed by atoms with Crippen LogP contribution < -0.4 is 5.32 Å². The standard InChI is InChI=1S/C9H14IN3OS/c10-5-3-1-2-4-6-11-9(14)8-7-15-13-12-8/h7H,1-6H2,(H,11,14). The minimum Gasteiger partial charge on any atom is -0.351 e. The number of hydrogen-bond donors (Lipinski definition) is 1. The van der Waals surface area contributed by atoms with Gasteiger partial charge in [-0.25, -0.2) is 0 Å². The van der Waals surface area contributed by atoms with Crippen molar-refractivity contribution in [2.24, 2.45) is 0 Å². The van der Waals surface area contributed by atoms with Crippen LogP contribution >= 0.6 is 34.1 Å². The summed E-state index contributed by atoms with van der Waals surface area (Å²) in [6.07, 6.45) is 4.74. The molecule has 0 aliphatic heterocycles. The lowest BCUT2D eigenvalue weighted by molar-refractivity contribution is 0.0948. The maximum atomic E-state index is 11.4. The molecule has 1 aromatic heterocycles. The molecule has 0 aliphatic rings. The van der Waals surface area contributed by atoms with E-state index in [1.807, 2.05) is 0 Å². The van der Waals surface area contributed by atoms with E-state index in [0.717, 1.165) is 13.0 Å². The molecule has 0 aliphatic carbocycles. The van der Waals surface area contributed by atoms with Gasteiger partial charge in [0.2, 0.25) is 0 Å². The Morgan fingerprint density at radius 3 is 2.87 bits per heavy atom. The van der Waals surface area contributed by atoms with Crippen LogP contribution in [0.1, 0.15) is 36.2 Å². The van der Waals surface area contributed by atoms with Crippen molar-refractivity contribution in [1.82, 2.24) is 14.9 Å². The fourth-order valence-corrected chi connectivity index (χ4v) is 2.10. The van der Waals surface area contributed by atoms with Gasteiger partial charge in [0.05, 0.1) is 0 Å². The summed E-state index contributed by atoms with van der Waals surface area (Å²) in [4.78, 5) is 11.4. The second-order valence-corrected chi connectivity index (χ2v) is 4.84. The highest BCUT2D eigenvalue weighted by Gasteiger charge is 2.06. The number of rotatable bonds is 7. The molecule has 1 aromatic rings. The van der Waals surface area contributed by atoms with Crippen LogP contribution in [0.5, 0.6) is 0 Å². The first-order valence-corrected chi connectivity index (χ1v) is 7.32. The molecule has 1 amide bonds. The van der Waals surface area contributed by atoms with E-state index < -0.39 is 0 Å². The van der Waals surface area contributed by atoms with Crippen LogP contribution in [0.3, 0.4) is 0 Å². The van der Waals surface area contributed by atoms with Crippen molar-refractivity contribution in [2.75, 3.05) is 11.0 Å². The summed E-state index contributed by atoms with van der Waals surface area (Å²) in [5.41, 5.74) is 0.423. The van der Waals surface area contributed by atoms with Crippen molar-refractivity contribution in [3.05, 3.63) is 11.1 Å². The quantitative estimate of drug-likeness (QED) is 0.471. The van der Waals surface area contributed by atoms with E-state index in [2.05, 4.69) is 37.5 Å². The number of nitrogens with one attached hydrogen (secondary N) is 1. The largest absolute Gasteiger partial charge is 0.351 e. The molecule has 0 radical (unpaired) electrons. The number of carbonyl (C=O) groups excluding carboxylic acids is 1. The molecule has 1 N–H and O–H groups in total. The molecule has 0 saturated heterocycles. The number of aromatic nitrogens is 2. The first kappa shape index (κ1) is 12.8. The van der Waals surface area contributed by atoms with Crippen molar-refractivity contribution < 1.29 is 4.79 Å². The highest BCUT2D eigenvalue weighted by Crippen LogP contribution is 2.02. The predicted molar refractivity (Wildman–Crippen MR) is 69.6 cm³/mol. The molecule has 15 heavy (non-hydrogen) atoms. The van der Waals surface area contributed by atoms with Crippen LogP contribution in [-0.4, -0.2) is 26.5 Å². The Labute approximate surface area is 107 Å². The third-order valence-electron chi connectivity index (χ3n) is 1.94. The van der Waals surface area contributed by atoms with Crippen LogP contribution in [0, 0.1) is 0 Å². The number of hydrogen-bond acceptors (Lipinski definition) is 4. The zero-order chi connectivity index (χ0) is 10.9. The van der Waals surface area contributed by atoms with Gasteiger partial charge in [-0.1, -0.05) is 39.9 Å². The van der Waals surface area contributed by atoms with E-state index in [4.69, 9.17) is 0 Å². The number of halogens is 1. The predicted octanol–water partition coefficient (Wildman–Crippen LogP) is 2.26. The van der Waals surface area contributed by atoms with Gasteiger partial charge in [0.15, 0.2) is 5.69 Å². The van der Waals surface area contributed by atoms with Gasteiger partial charge in [0.1, 0.15) is 0 Å². The SMILES string of the molecule is O=C(NCCCCCCI)c1csnn1. The number of amides is 1. The molecule has 1 heterocycles. The lowest BCUT2D eigenvalue weighted by Crippen LogP contribution is -2.24. The van der Waals surface area contributed by atoms with Crippen LogP contribution in [0.4, 0.5) is 0 Å². The number of unbranched alkanes of at least 4 members (excludes halogenated alkanes) is 3. The summed E-state index contributed by atoms with van der Waals surface area (Å²) in [6.45, 7) is 0.734. The Hall–Kier alpha value is -0.240. The summed E-state index contributed by atoms with van der Waals surface area (Å²) in [6, 6.07) is 0. The van der Waals surface area contributed by atoms with Gasteiger partial charge in [-0.15, -0.1) is 5.10 Å².